The Morgan fingerprint density at radius 2 is 2.19 bits per heavy atom. The Morgan fingerprint density at radius 1 is 1.33 bits per heavy atom. The highest BCUT2D eigenvalue weighted by Gasteiger charge is 2.14. The molecule has 0 aliphatic heterocycles. The van der Waals surface area contributed by atoms with Gasteiger partial charge in [-0.2, -0.15) is 0 Å². The smallest absolute Gasteiger partial charge is 0.165 e. The van der Waals surface area contributed by atoms with E-state index in [2.05, 4.69) is 23.3 Å². The minimum absolute atomic E-state index is 0.269. The number of methoxy groups -OCH3 is 1. The molecule has 1 heterocycles. The molecule has 1 aromatic carbocycles. The summed E-state index contributed by atoms with van der Waals surface area (Å²) in [6.45, 7) is 5.49. The molecule has 0 fully saturated rings. The molecule has 1 N–H and O–H groups in total. The van der Waals surface area contributed by atoms with Crippen LogP contribution < -0.4 is 14.8 Å². The third kappa shape index (κ3) is 3.95. The fraction of sp³-hybridized carbons (Fsp3) is 0.438. The summed E-state index contributed by atoms with van der Waals surface area (Å²) in [6.07, 6.45) is 2.85. The Hall–Kier alpha value is -1.59. The van der Waals surface area contributed by atoms with Crippen molar-refractivity contribution in [3.63, 3.8) is 0 Å². The second kappa shape index (κ2) is 8.00. The fourth-order valence-electron chi connectivity index (χ4n) is 2.25. The maximum Gasteiger partial charge on any atom is 0.165 e. The standard InChI is InChI=1S/C16H22N2O2S/c1-4-13(16-17-9-10-21-16)18-11-12-7-6-8-14(20-5-2)15(12)19-3/h6-10,13,18H,4-5,11H2,1-3H3. The zero-order valence-electron chi connectivity index (χ0n) is 12.8. The number of para-hydroxylation sites is 1. The van der Waals surface area contributed by atoms with E-state index in [0.29, 0.717) is 6.61 Å². The summed E-state index contributed by atoms with van der Waals surface area (Å²) in [6, 6.07) is 6.26. The molecule has 0 saturated heterocycles. The van der Waals surface area contributed by atoms with E-state index in [1.807, 2.05) is 30.6 Å². The number of rotatable bonds is 8. The third-order valence-electron chi connectivity index (χ3n) is 3.26. The van der Waals surface area contributed by atoms with Crippen molar-refractivity contribution < 1.29 is 9.47 Å². The number of hydrogen-bond acceptors (Lipinski definition) is 5. The molecule has 0 amide bonds. The topological polar surface area (TPSA) is 43.4 Å². The van der Waals surface area contributed by atoms with Crippen LogP contribution in [-0.4, -0.2) is 18.7 Å². The van der Waals surface area contributed by atoms with Crippen LogP contribution in [0.5, 0.6) is 11.5 Å². The van der Waals surface area contributed by atoms with Gasteiger partial charge in [-0.05, 0) is 19.4 Å². The van der Waals surface area contributed by atoms with Crippen molar-refractivity contribution >= 4 is 11.3 Å². The van der Waals surface area contributed by atoms with Gasteiger partial charge in [-0.15, -0.1) is 11.3 Å². The van der Waals surface area contributed by atoms with Gasteiger partial charge in [-0.25, -0.2) is 4.98 Å². The van der Waals surface area contributed by atoms with E-state index in [-0.39, 0.29) is 6.04 Å². The van der Waals surface area contributed by atoms with Crippen LogP contribution in [0.2, 0.25) is 0 Å². The summed E-state index contributed by atoms with van der Waals surface area (Å²) < 4.78 is 11.1. The number of thiazole rings is 1. The van der Waals surface area contributed by atoms with Crippen LogP contribution in [0.1, 0.15) is 36.9 Å². The maximum atomic E-state index is 5.61. The molecule has 114 valence electrons. The van der Waals surface area contributed by atoms with Crippen molar-refractivity contribution in [1.29, 1.82) is 0 Å². The van der Waals surface area contributed by atoms with E-state index in [0.717, 1.165) is 35.0 Å². The Bertz CT molecular complexity index is 543. The van der Waals surface area contributed by atoms with Crippen LogP contribution in [0.3, 0.4) is 0 Å². The van der Waals surface area contributed by atoms with Crippen LogP contribution in [0, 0.1) is 0 Å². The minimum Gasteiger partial charge on any atom is -0.493 e. The van der Waals surface area contributed by atoms with E-state index in [1.54, 1.807) is 18.4 Å². The molecule has 2 aromatic rings. The summed E-state index contributed by atoms with van der Waals surface area (Å²) in [5.74, 6) is 1.60. The normalized spacial score (nSPS) is 12.1. The number of benzene rings is 1. The van der Waals surface area contributed by atoms with Crippen molar-refractivity contribution in [3.8, 4) is 11.5 Å². The van der Waals surface area contributed by atoms with Gasteiger partial charge in [0, 0.05) is 23.7 Å². The first kappa shape index (κ1) is 15.8. The maximum absolute atomic E-state index is 5.61. The van der Waals surface area contributed by atoms with Gasteiger partial charge in [0.05, 0.1) is 19.8 Å². The molecule has 0 aliphatic rings. The van der Waals surface area contributed by atoms with Crippen molar-refractivity contribution in [2.45, 2.75) is 32.9 Å². The zero-order valence-corrected chi connectivity index (χ0v) is 13.6. The van der Waals surface area contributed by atoms with Crippen LogP contribution >= 0.6 is 11.3 Å². The average Bonchev–Trinajstić information content (AvgIpc) is 3.03. The molecule has 5 heteroatoms. The van der Waals surface area contributed by atoms with E-state index in [4.69, 9.17) is 9.47 Å². The molecular formula is C16H22N2O2S. The highest BCUT2D eigenvalue weighted by atomic mass is 32.1. The molecule has 1 aromatic heterocycles. The van der Waals surface area contributed by atoms with Gasteiger partial charge in [0.1, 0.15) is 5.01 Å². The summed E-state index contributed by atoms with van der Waals surface area (Å²) in [5.41, 5.74) is 1.10. The number of aromatic nitrogens is 1. The summed E-state index contributed by atoms with van der Waals surface area (Å²) >= 11 is 1.68. The zero-order chi connectivity index (χ0) is 15.1. The second-order valence-electron chi connectivity index (χ2n) is 4.59. The molecule has 4 nitrogen and oxygen atoms in total. The van der Waals surface area contributed by atoms with Gasteiger partial charge in [-0.3, -0.25) is 0 Å². The quantitative estimate of drug-likeness (QED) is 0.806. The summed E-state index contributed by atoms with van der Waals surface area (Å²) in [4.78, 5) is 4.39. The van der Waals surface area contributed by atoms with Crippen molar-refractivity contribution in [3.05, 3.63) is 40.3 Å². The molecule has 0 aliphatic carbocycles. The molecule has 2 rings (SSSR count). The number of nitrogens with zero attached hydrogens (tertiary/aromatic N) is 1. The van der Waals surface area contributed by atoms with Gasteiger partial charge in [0.15, 0.2) is 11.5 Å². The molecule has 0 bridgehead atoms. The number of nitrogens with one attached hydrogen (secondary N) is 1. The minimum atomic E-state index is 0.269. The summed E-state index contributed by atoms with van der Waals surface area (Å²) in [5, 5.41) is 6.68. The lowest BCUT2D eigenvalue weighted by Crippen LogP contribution is -2.20. The molecule has 21 heavy (non-hydrogen) atoms. The van der Waals surface area contributed by atoms with E-state index < -0.39 is 0 Å². The predicted molar refractivity (Wildman–Crippen MR) is 86.1 cm³/mol. The lowest BCUT2D eigenvalue weighted by Gasteiger charge is -2.17. The predicted octanol–water partition coefficient (Wildman–Crippen LogP) is 3.79. The van der Waals surface area contributed by atoms with Gasteiger partial charge in [-0.1, -0.05) is 19.1 Å². The molecular weight excluding hydrogens is 284 g/mol. The van der Waals surface area contributed by atoms with E-state index in [9.17, 15) is 0 Å². The largest absolute Gasteiger partial charge is 0.493 e. The number of ether oxygens (including phenoxy) is 2. The highest BCUT2D eigenvalue weighted by molar-refractivity contribution is 7.09. The molecule has 0 spiro atoms. The SMILES string of the molecule is CCOc1cccc(CNC(CC)c2nccs2)c1OC. The number of hydrogen-bond donors (Lipinski definition) is 1. The molecule has 1 unspecified atom stereocenters. The van der Waals surface area contributed by atoms with Crippen LogP contribution in [-0.2, 0) is 6.54 Å². The second-order valence-corrected chi connectivity index (χ2v) is 5.52. The Labute approximate surface area is 130 Å². The Kier molecular flexibility index (Phi) is 6.02. The lowest BCUT2D eigenvalue weighted by atomic mass is 10.1. The van der Waals surface area contributed by atoms with Crippen molar-refractivity contribution in [1.82, 2.24) is 10.3 Å². The van der Waals surface area contributed by atoms with Gasteiger partial charge < -0.3 is 14.8 Å². The first-order valence-electron chi connectivity index (χ1n) is 7.21. The lowest BCUT2D eigenvalue weighted by molar-refractivity contribution is 0.308. The van der Waals surface area contributed by atoms with Crippen molar-refractivity contribution in [2.75, 3.05) is 13.7 Å². The Morgan fingerprint density at radius 3 is 2.81 bits per heavy atom. The van der Waals surface area contributed by atoms with Crippen LogP contribution in [0.4, 0.5) is 0 Å². The average molecular weight is 306 g/mol. The molecule has 0 radical (unpaired) electrons. The fourth-order valence-corrected chi connectivity index (χ4v) is 3.04. The van der Waals surface area contributed by atoms with Gasteiger partial charge in [0.2, 0.25) is 0 Å². The van der Waals surface area contributed by atoms with Crippen LogP contribution in [0.15, 0.2) is 29.8 Å². The first-order chi connectivity index (χ1) is 10.3. The summed E-state index contributed by atoms with van der Waals surface area (Å²) in [7, 11) is 1.68. The van der Waals surface area contributed by atoms with E-state index in [1.165, 1.54) is 0 Å². The van der Waals surface area contributed by atoms with Crippen LogP contribution in [0.25, 0.3) is 0 Å². The highest BCUT2D eigenvalue weighted by Crippen LogP contribution is 2.31. The Balaban J connectivity index is 2.10. The first-order valence-corrected chi connectivity index (χ1v) is 8.09. The van der Waals surface area contributed by atoms with Gasteiger partial charge >= 0.3 is 0 Å². The third-order valence-corrected chi connectivity index (χ3v) is 4.15. The van der Waals surface area contributed by atoms with Crippen molar-refractivity contribution in [2.24, 2.45) is 0 Å². The van der Waals surface area contributed by atoms with E-state index >= 15 is 0 Å². The monoisotopic (exact) mass is 306 g/mol. The van der Waals surface area contributed by atoms with Gasteiger partial charge in [0.25, 0.3) is 0 Å². The molecule has 0 saturated carbocycles. The molecule has 1 atom stereocenters.